The van der Waals surface area contributed by atoms with Crippen molar-refractivity contribution in [2.24, 2.45) is 10.9 Å². The summed E-state index contributed by atoms with van der Waals surface area (Å²) in [5, 5.41) is 2.89. The van der Waals surface area contributed by atoms with E-state index in [1.807, 2.05) is 0 Å². The number of halogens is 6. The van der Waals surface area contributed by atoms with Crippen LogP contribution >= 0.6 is 0 Å². The summed E-state index contributed by atoms with van der Waals surface area (Å²) in [5.41, 5.74) is -3.17. The summed E-state index contributed by atoms with van der Waals surface area (Å²) >= 11 is 0. The first-order valence-electron chi connectivity index (χ1n) is 4.17. The van der Waals surface area contributed by atoms with E-state index in [2.05, 4.69) is 10.9 Å². The molecule has 0 aliphatic carbocycles. The number of rotatable bonds is 1. The fourth-order valence-electron chi connectivity index (χ4n) is 1.14. The van der Waals surface area contributed by atoms with Gasteiger partial charge >= 0.3 is 12.4 Å². The van der Waals surface area contributed by atoms with E-state index in [1.54, 1.807) is 0 Å². The average molecular weight is 256 g/mol. The largest absolute Gasteiger partial charge is 0.416 e. The summed E-state index contributed by atoms with van der Waals surface area (Å²) in [6.45, 7) is 0. The topological polar surface area (TPSA) is 38.4 Å². The Kier molecular flexibility index (Phi) is 3.35. The van der Waals surface area contributed by atoms with Gasteiger partial charge in [0.1, 0.15) is 0 Å². The maximum Gasteiger partial charge on any atom is 0.416 e. The first-order chi connectivity index (χ1) is 7.64. The molecule has 0 aliphatic heterocycles. The SMILES string of the molecule is NN=Cc1cc(C(F)(F)F)cc(C(F)(F)F)c1. The van der Waals surface area contributed by atoms with Crippen molar-refractivity contribution in [3.8, 4) is 0 Å². The van der Waals surface area contributed by atoms with Gasteiger partial charge < -0.3 is 5.84 Å². The molecule has 0 unspecified atom stereocenters. The van der Waals surface area contributed by atoms with E-state index in [0.717, 1.165) is 0 Å². The highest BCUT2D eigenvalue weighted by atomic mass is 19.4. The van der Waals surface area contributed by atoms with Crippen molar-refractivity contribution in [3.05, 3.63) is 34.9 Å². The molecule has 0 radical (unpaired) electrons. The molecule has 0 heterocycles. The number of nitrogens with zero attached hydrogens (tertiary/aromatic N) is 1. The first kappa shape index (κ1) is 13.3. The molecule has 0 atom stereocenters. The normalized spacial score (nSPS) is 13.3. The Morgan fingerprint density at radius 1 is 0.882 bits per heavy atom. The second-order valence-electron chi connectivity index (χ2n) is 3.12. The van der Waals surface area contributed by atoms with Gasteiger partial charge in [0.2, 0.25) is 0 Å². The summed E-state index contributed by atoms with van der Waals surface area (Å²) in [5.74, 6) is 4.69. The zero-order valence-corrected chi connectivity index (χ0v) is 8.10. The van der Waals surface area contributed by atoms with Crippen LogP contribution in [0.5, 0.6) is 0 Å². The first-order valence-corrected chi connectivity index (χ1v) is 4.17. The molecule has 0 aliphatic rings. The van der Waals surface area contributed by atoms with Gasteiger partial charge in [-0.3, -0.25) is 0 Å². The molecular formula is C9H6F6N2. The van der Waals surface area contributed by atoms with Gasteiger partial charge in [-0.2, -0.15) is 31.4 Å². The zero-order valence-electron chi connectivity index (χ0n) is 8.10. The predicted octanol–water partition coefficient (Wildman–Crippen LogP) is 3.02. The van der Waals surface area contributed by atoms with Crippen LogP contribution in [-0.4, -0.2) is 6.21 Å². The van der Waals surface area contributed by atoms with Gasteiger partial charge in [-0.1, -0.05) is 0 Å². The standard InChI is InChI=1S/C9H6F6N2/c10-8(11,12)6-1-5(4-17-16)2-7(3-6)9(13,14)15/h1-4H,16H2. The maximum atomic E-state index is 12.3. The third kappa shape index (κ3) is 3.36. The molecule has 0 aromatic heterocycles. The summed E-state index contributed by atoms with van der Waals surface area (Å²) in [6.07, 6.45) is -9.01. The second kappa shape index (κ2) is 4.27. The molecule has 2 N–H and O–H groups in total. The lowest BCUT2D eigenvalue weighted by atomic mass is 10.1. The molecule has 1 aromatic carbocycles. The monoisotopic (exact) mass is 256 g/mol. The number of nitrogens with two attached hydrogens (primary N) is 1. The van der Waals surface area contributed by atoms with E-state index in [4.69, 9.17) is 0 Å². The van der Waals surface area contributed by atoms with E-state index in [0.29, 0.717) is 18.3 Å². The van der Waals surface area contributed by atoms with Crippen LogP contribution in [0.4, 0.5) is 26.3 Å². The van der Waals surface area contributed by atoms with Crippen molar-refractivity contribution < 1.29 is 26.3 Å². The van der Waals surface area contributed by atoms with Crippen LogP contribution in [0.25, 0.3) is 0 Å². The fraction of sp³-hybridized carbons (Fsp3) is 0.222. The fourth-order valence-corrected chi connectivity index (χ4v) is 1.14. The Bertz CT molecular complexity index is 400. The molecule has 17 heavy (non-hydrogen) atoms. The molecule has 2 nitrogen and oxygen atoms in total. The number of hydrogen-bond donors (Lipinski definition) is 1. The smallest absolute Gasteiger partial charge is 0.323 e. The van der Waals surface area contributed by atoms with E-state index in [9.17, 15) is 26.3 Å². The highest BCUT2D eigenvalue weighted by Gasteiger charge is 2.36. The highest BCUT2D eigenvalue weighted by Crippen LogP contribution is 2.35. The molecule has 0 saturated heterocycles. The van der Waals surface area contributed by atoms with Crippen LogP contribution in [0.15, 0.2) is 23.3 Å². The summed E-state index contributed by atoms with van der Waals surface area (Å²) in [4.78, 5) is 0. The van der Waals surface area contributed by atoms with Gasteiger partial charge in [0.15, 0.2) is 0 Å². The van der Waals surface area contributed by atoms with Crippen LogP contribution < -0.4 is 5.84 Å². The van der Waals surface area contributed by atoms with E-state index >= 15 is 0 Å². The van der Waals surface area contributed by atoms with E-state index in [1.165, 1.54) is 0 Å². The lowest BCUT2D eigenvalue weighted by Gasteiger charge is -2.12. The Labute approximate surface area is 91.7 Å². The number of benzene rings is 1. The minimum absolute atomic E-state index is 0.0356. The molecule has 1 aromatic rings. The van der Waals surface area contributed by atoms with Gasteiger partial charge in [-0.05, 0) is 23.8 Å². The van der Waals surface area contributed by atoms with Crippen molar-refractivity contribution in [3.63, 3.8) is 0 Å². The van der Waals surface area contributed by atoms with Crippen LogP contribution in [0.1, 0.15) is 16.7 Å². The van der Waals surface area contributed by atoms with Crippen molar-refractivity contribution in [1.82, 2.24) is 0 Å². The second-order valence-corrected chi connectivity index (χ2v) is 3.12. The minimum atomic E-state index is -4.86. The lowest BCUT2D eigenvalue weighted by molar-refractivity contribution is -0.143. The van der Waals surface area contributed by atoms with Gasteiger partial charge in [0, 0.05) is 0 Å². The molecule has 0 bridgehead atoms. The summed E-state index contributed by atoms with van der Waals surface area (Å²) in [6, 6.07) is 1.10. The minimum Gasteiger partial charge on any atom is -0.323 e. The average Bonchev–Trinajstić information content (AvgIpc) is 2.15. The zero-order chi connectivity index (χ0) is 13.3. The molecular weight excluding hydrogens is 250 g/mol. The van der Waals surface area contributed by atoms with Crippen molar-refractivity contribution in [2.75, 3.05) is 0 Å². The van der Waals surface area contributed by atoms with Crippen LogP contribution in [0.3, 0.4) is 0 Å². The maximum absolute atomic E-state index is 12.3. The Morgan fingerprint density at radius 2 is 1.29 bits per heavy atom. The lowest BCUT2D eigenvalue weighted by Crippen LogP contribution is -2.11. The van der Waals surface area contributed by atoms with Crippen LogP contribution in [-0.2, 0) is 12.4 Å². The van der Waals surface area contributed by atoms with Gasteiger partial charge in [-0.25, -0.2) is 0 Å². The Morgan fingerprint density at radius 3 is 1.59 bits per heavy atom. The Hall–Kier alpha value is -1.73. The van der Waals surface area contributed by atoms with Gasteiger partial charge in [0.25, 0.3) is 0 Å². The number of hydrogen-bond acceptors (Lipinski definition) is 2. The summed E-state index contributed by atoms with van der Waals surface area (Å²) in [7, 11) is 0. The summed E-state index contributed by atoms with van der Waals surface area (Å²) < 4.78 is 74.0. The number of alkyl halides is 6. The third-order valence-electron chi connectivity index (χ3n) is 1.83. The highest BCUT2D eigenvalue weighted by molar-refractivity contribution is 5.80. The van der Waals surface area contributed by atoms with Crippen LogP contribution in [0.2, 0.25) is 0 Å². The molecule has 0 spiro atoms. The molecule has 1 rings (SSSR count). The van der Waals surface area contributed by atoms with Crippen molar-refractivity contribution in [1.29, 1.82) is 0 Å². The molecule has 94 valence electrons. The number of hydrazone groups is 1. The van der Waals surface area contributed by atoms with Crippen molar-refractivity contribution in [2.45, 2.75) is 12.4 Å². The molecule has 8 heteroatoms. The van der Waals surface area contributed by atoms with E-state index in [-0.39, 0.29) is 11.6 Å². The molecule has 0 fully saturated rings. The third-order valence-corrected chi connectivity index (χ3v) is 1.83. The van der Waals surface area contributed by atoms with Crippen molar-refractivity contribution >= 4 is 6.21 Å². The molecule has 0 amide bonds. The van der Waals surface area contributed by atoms with Gasteiger partial charge in [0.05, 0.1) is 17.3 Å². The molecule has 0 saturated carbocycles. The quantitative estimate of drug-likeness (QED) is 0.356. The Balaban J connectivity index is 3.39. The van der Waals surface area contributed by atoms with Crippen LogP contribution in [0, 0.1) is 0 Å². The predicted molar refractivity (Wildman–Crippen MR) is 48.2 cm³/mol. The van der Waals surface area contributed by atoms with Gasteiger partial charge in [-0.15, -0.1) is 0 Å². The van der Waals surface area contributed by atoms with E-state index < -0.39 is 23.5 Å².